The summed E-state index contributed by atoms with van der Waals surface area (Å²) in [5, 5.41) is 12.9. The molecule has 0 amide bonds. The molecule has 4 heteroatoms. The summed E-state index contributed by atoms with van der Waals surface area (Å²) in [7, 11) is 0. The van der Waals surface area contributed by atoms with Crippen molar-refractivity contribution in [3.05, 3.63) is 0 Å². The molecule has 0 radical (unpaired) electrons. The molecule has 1 saturated heterocycles. The molecular weight excluding hydrogens is 206 g/mol. The molecule has 0 saturated carbocycles. The average Bonchev–Trinajstić information content (AvgIpc) is 2.14. The zero-order valence-corrected chi connectivity index (χ0v) is 10.7. The Balaban J connectivity index is 1.95. The van der Waals surface area contributed by atoms with Crippen molar-refractivity contribution in [3.63, 3.8) is 0 Å². The fourth-order valence-corrected chi connectivity index (χ4v) is 1.59. The maximum absolute atomic E-state index is 9.63. The van der Waals surface area contributed by atoms with E-state index < -0.39 is 6.10 Å². The first-order chi connectivity index (χ1) is 7.52. The van der Waals surface area contributed by atoms with Crippen LogP contribution in [0.25, 0.3) is 0 Å². The number of aliphatic hydroxyl groups excluding tert-OH is 1. The van der Waals surface area contributed by atoms with Gasteiger partial charge in [-0.05, 0) is 5.92 Å². The predicted octanol–water partition coefficient (Wildman–Crippen LogP) is 0.646. The lowest BCUT2D eigenvalue weighted by Gasteiger charge is -2.38. The normalized spacial score (nSPS) is 20.8. The second-order valence-electron chi connectivity index (χ2n) is 5.52. The molecule has 2 N–H and O–H groups in total. The number of rotatable bonds is 8. The van der Waals surface area contributed by atoms with Gasteiger partial charge in [0, 0.05) is 25.1 Å². The summed E-state index contributed by atoms with van der Waals surface area (Å²) in [5.74, 6) is 0.520. The zero-order chi connectivity index (χ0) is 12.0. The number of nitrogens with one attached hydrogen (secondary N) is 1. The van der Waals surface area contributed by atoms with Crippen LogP contribution in [0.2, 0.25) is 0 Å². The van der Waals surface area contributed by atoms with Crippen LogP contribution in [0.5, 0.6) is 0 Å². The highest BCUT2D eigenvalue weighted by atomic mass is 16.5. The van der Waals surface area contributed by atoms with Gasteiger partial charge in [-0.2, -0.15) is 0 Å². The van der Waals surface area contributed by atoms with Crippen LogP contribution in [-0.4, -0.2) is 50.7 Å². The molecule has 0 aromatic rings. The second kappa shape index (κ2) is 6.55. The van der Waals surface area contributed by atoms with Crippen molar-refractivity contribution in [2.24, 2.45) is 11.3 Å². The average molecular weight is 231 g/mol. The van der Waals surface area contributed by atoms with Crippen LogP contribution in [0.15, 0.2) is 0 Å². The minimum atomic E-state index is -0.414. The quantitative estimate of drug-likeness (QED) is 0.644. The summed E-state index contributed by atoms with van der Waals surface area (Å²) in [4.78, 5) is 0. The lowest BCUT2D eigenvalue weighted by Crippen LogP contribution is -2.48. The van der Waals surface area contributed by atoms with Gasteiger partial charge in [-0.1, -0.05) is 20.8 Å². The molecule has 1 rings (SSSR count). The number of aliphatic hydroxyl groups is 1. The Hall–Kier alpha value is -0.160. The first-order valence-electron chi connectivity index (χ1n) is 6.06. The van der Waals surface area contributed by atoms with Crippen LogP contribution in [-0.2, 0) is 9.47 Å². The minimum Gasteiger partial charge on any atom is -0.389 e. The molecule has 16 heavy (non-hydrogen) atoms. The first kappa shape index (κ1) is 13.9. The van der Waals surface area contributed by atoms with Gasteiger partial charge in [-0.25, -0.2) is 0 Å². The molecule has 1 heterocycles. The van der Waals surface area contributed by atoms with E-state index in [4.69, 9.17) is 9.47 Å². The highest BCUT2D eigenvalue weighted by molar-refractivity contribution is 4.83. The summed E-state index contributed by atoms with van der Waals surface area (Å²) < 4.78 is 10.5. The van der Waals surface area contributed by atoms with Crippen LogP contribution < -0.4 is 5.32 Å². The van der Waals surface area contributed by atoms with Gasteiger partial charge < -0.3 is 19.9 Å². The Kier molecular flexibility index (Phi) is 5.69. The Morgan fingerprint density at radius 3 is 2.56 bits per heavy atom. The smallest absolute Gasteiger partial charge is 0.0897 e. The number of ether oxygens (including phenoxy) is 2. The molecule has 4 nitrogen and oxygen atoms in total. The fourth-order valence-electron chi connectivity index (χ4n) is 1.59. The van der Waals surface area contributed by atoms with Crippen molar-refractivity contribution < 1.29 is 14.6 Å². The highest BCUT2D eigenvalue weighted by Crippen LogP contribution is 2.24. The molecule has 96 valence electrons. The summed E-state index contributed by atoms with van der Waals surface area (Å²) >= 11 is 0. The third kappa shape index (κ3) is 5.25. The molecule has 1 fully saturated rings. The molecule has 1 aliphatic rings. The Labute approximate surface area is 98.3 Å². The van der Waals surface area contributed by atoms with Gasteiger partial charge >= 0.3 is 0 Å². The van der Waals surface area contributed by atoms with E-state index in [1.165, 1.54) is 0 Å². The number of hydrogen-bond acceptors (Lipinski definition) is 4. The van der Waals surface area contributed by atoms with Crippen LogP contribution >= 0.6 is 0 Å². The van der Waals surface area contributed by atoms with Crippen molar-refractivity contribution in [2.75, 3.05) is 39.5 Å². The predicted molar refractivity (Wildman–Crippen MR) is 63.5 cm³/mol. The summed E-state index contributed by atoms with van der Waals surface area (Å²) in [6.45, 7) is 10.6. The van der Waals surface area contributed by atoms with E-state index >= 15 is 0 Å². The molecule has 1 atom stereocenters. The van der Waals surface area contributed by atoms with Gasteiger partial charge in [0.05, 0.1) is 25.9 Å². The topological polar surface area (TPSA) is 50.7 Å². The van der Waals surface area contributed by atoms with E-state index in [1.807, 2.05) is 0 Å². The molecule has 0 aliphatic carbocycles. The van der Waals surface area contributed by atoms with Crippen LogP contribution in [0.1, 0.15) is 20.8 Å². The highest BCUT2D eigenvalue weighted by Gasteiger charge is 2.32. The van der Waals surface area contributed by atoms with E-state index in [9.17, 15) is 5.11 Å². The Bertz CT molecular complexity index is 193. The van der Waals surface area contributed by atoms with E-state index in [0.717, 1.165) is 19.8 Å². The van der Waals surface area contributed by atoms with Crippen molar-refractivity contribution in [3.8, 4) is 0 Å². The Morgan fingerprint density at radius 1 is 1.38 bits per heavy atom. The van der Waals surface area contributed by atoms with Crippen LogP contribution in [0.3, 0.4) is 0 Å². The van der Waals surface area contributed by atoms with Gasteiger partial charge in [0.1, 0.15) is 0 Å². The Morgan fingerprint density at radius 2 is 2.06 bits per heavy atom. The summed E-state index contributed by atoms with van der Waals surface area (Å²) in [5.41, 5.74) is 0.262. The zero-order valence-electron chi connectivity index (χ0n) is 10.7. The standard InChI is InChI=1S/C12H25NO3/c1-10(2)5-15-6-11(14)4-13-7-12(3)8-16-9-12/h10-11,13-14H,4-9H2,1-3H3. The third-order valence-electron chi connectivity index (χ3n) is 2.59. The lowest BCUT2D eigenvalue weighted by atomic mass is 9.89. The summed E-state index contributed by atoms with van der Waals surface area (Å²) in [6.07, 6.45) is -0.414. The van der Waals surface area contributed by atoms with Gasteiger partial charge in [-0.3, -0.25) is 0 Å². The second-order valence-corrected chi connectivity index (χ2v) is 5.52. The van der Waals surface area contributed by atoms with Crippen LogP contribution in [0.4, 0.5) is 0 Å². The molecule has 0 aromatic heterocycles. The third-order valence-corrected chi connectivity index (χ3v) is 2.59. The molecule has 1 aliphatic heterocycles. The SMILES string of the molecule is CC(C)COCC(O)CNCC1(C)COC1. The van der Waals surface area contributed by atoms with Gasteiger partial charge in [0.25, 0.3) is 0 Å². The monoisotopic (exact) mass is 231 g/mol. The van der Waals surface area contributed by atoms with Crippen molar-refractivity contribution in [1.82, 2.24) is 5.32 Å². The van der Waals surface area contributed by atoms with E-state index in [1.54, 1.807) is 0 Å². The van der Waals surface area contributed by atoms with Crippen molar-refractivity contribution >= 4 is 0 Å². The first-order valence-corrected chi connectivity index (χ1v) is 6.06. The van der Waals surface area contributed by atoms with Crippen molar-refractivity contribution in [1.29, 1.82) is 0 Å². The van der Waals surface area contributed by atoms with Gasteiger partial charge in [-0.15, -0.1) is 0 Å². The van der Waals surface area contributed by atoms with E-state index in [0.29, 0.717) is 25.7 Å². The van der Waals surface area contributed by atoms with Crippen LogP contribution in [0, 0.1) is 11.3 Å². The molecule has 0 bridgehead atoms. The lowest BCUT2D eigenvalue weighted by molar-refractivity contribution is -0.100. The molecule has 0 spiro atoms. The number of hydrogen-bond donors (Lipinski definition) is 2. The maximum Gasteiger partial charge on any atom is 0.0897 e. The molecule has 1 unspecified atom stereocenters. The van der Waals surface area contributed by atoms with E-state index in [-0.39, 0.29) is 5.41 Å². The summed E-state index contributed by atoms with van der Waals surface area (Å²) in [6, 6.07) is 0. The van der Waals surface area contributed by atoms with Crippen molar-refractivity contribution in [2.45, 2.75) is 26.9 Å². The van der Waals surface area contributed by atoms with E-state index in [2.05, 4.69) is 26.1 Å². The largest absolute Gasteiger partial charge is 0.389 e. The van der Waals surface area contributed by atoms with Gasteiger partial charge in [0.15, 0.2) is 0 Å². The maximum atomic E-state index is 9.63. The molecule has 0 aromatic carbocycles. The minimum absolute atomic E-state index is 0.262. The molecular formula is C12H25NO3. The fraction of sp³-hybridized carbons (Fsp3) is 1.00. The van der Waals surface area contributed by atoms with Gasteiger partial charge in [0.2, 0.25) is 0 Å².